The molecule has 1 fully saturated rings. The van der Waals surface area contributed by atoms with Crippen molar-refractivity contribution in [3.63, 3.8) is 0 Å². The van der Waals surface area contributed by atoms with Gasteiger partial charge in [0, 0.05) is 36.6 Å². The Labute approximate surface area is 184 Å². The SMILES string of the molecule is COc1ccc(N2CCC(NC(=O)CCCOc3cccc4ccccc34)CC2)cc1. The van der Waals surface area contributed by atoms with Crippen molar-refractivity contribution in [3.05, 3.63) is 66.7 Å². The third kappa shape index (κ3) is 5.48. The number of benzene rings is 3. The van der Waals surface area contributed by atoms with Crippen LogP contribution in [0.25, 0.3) is 10.8 Å². The number of rotatable bonds is 8. The third-order valence-electron chi connectivity index (χ3n) is 5.85. The molecule has 3 aromatic carbocycles. The van der Waals surface area contributed by atoms with Gasteiger partial charge in [0.25, 0.3) is 0 Å². The van der Waals surface area contributed by atoms with Gasteiger partial charge >= 0.3 is 0 Å². The van der Waals surface area contributed by atoms with Crippen molar-refractivity contribution >= 4 is 22.4 Å². The van der Waals surface area contributed by atoms with Gasteiger partial charge < -0.3 is 19.7 Å². The Hall–Kier alpha value is -3.21. The molecule has 0 aromatic heterocycles. The molecule has 0 spiro atoms. The number of fused-ring (bicyclic) bond motifs is 1. The second-order valence-corrected chi connectivity index (χ2v) is 7.96. The van der Waals surface area contributed by atoms with Crippen LogP contribution >= 0.6 is 0 Å². The van der Waals surface area contributed by atoms with E-state index >= 15 is 0 Å². The van der Waals surface area contributed by atoms with Crippen LogP contribution in [0, 0.1) is 0 Å². The Kier molecular flexibility index (Phi) is 6.92. The van der Waals surface area contributed by atoms with Crippen LogP contribution in [0.4, 0.5) is 5.69 Å². The van der Waals surface area contributed by atoms with Crippen LogP contribution in [0.3, 0.4) is 0 Å². The topological polar surface area (TPSA) is 50.8 Å². The first-order chi connectivity index (χ1) is 15.2. The Bertz CT molecular complexity index is 990. The van der Waals surface area contributed by atoms with E-state index in [0.29, 0.717) is 19.4 Å². The van der Waals surface area contributed by atoms with Crippen molar-refractivity contribution < 1.29 is 14.3 Å². The average molecular weight is 419 g/mol. The summed E-state index contributed by atoms with van der Waals surface area (Å²) in [6.07, 6.45) is 3.12. The summed E-state index contributed by atoms with van der Waals surface area (Å²) in [5.74, 6) is 1.86. The molecule has 1 aliphatic rings. The Morgan fingerprint density at radius 2 is 1.74 bits per heavy atom. The van der Waals surface area contributed by atoms with Gasteiger partial charge in [-0.05, 0) is 55.0 Å². The molecule has 5 nitrogen and oxygen atoms in total. The Balaban J connectivity index is 1.17. The number of hydrogen-bond donors (Lipinski definition) is 1. The number of anilines is 1. The third-order valence-corrected chi connectivity index (χ3v) is 5.85. The average Bonchev–Trinajstić information content (AvgIpc) is 2.82. The molecular formula is C26H30N2O3. The van der Waals surface area contributed by atoms with Crippen LogP contribution in [0.1, 0.15) is 25.7 Å². The molecular weight excluding hydrogens is 388 g/mol. The van der Waals surface area contributed by atoms with Crippen molar-refractivity contribution in [3.8, 4) is 11.5 Å². The summed E-state index contributed by atoms with van der Waals surface area (Å²) in [4.78, 5) is 14.7. The van der Waals surface area contributed by atoms with E-state index in [1.807, 2.05) is 36.4 Å². The van der Waals surface area contributed by atoms with Crippen molar-refractivity contribution in [2.24, 2.45) is 0 Å². The van der Waals surface area contributed by atoms with Crippen molar-refractivity contribution in [1.29, 1.82) is 0 Å². The van der Waals surface area contributed by atoms with Gasteiger partial charge in [-0.15, -0.1) is 0 Å². The van der Waals surface area contributed by atoms with Gasteiger partial charge in [0.1, 0.15) is 11.5 Å². The zero-order valence-electron chi connectivity index (χ0n) is 18.0. The number of amides is 1. The fraction of sp³-hybridized carbons (Fsp3) is 0.346. The molecule has 1 aliphatic heterocycles. The van der Waals surface area contributed by atoms with Crippen molar-refractivity contribution in [2.75, 3.05) is 31.7 Å². The molecule has 3 aromatic rings. The zero-order chi connectivity index (χ0) is 21.5. The lowest BCUT2D eigenvalue weighted by Gasteiger charge is -2.34. The predicted molar refractivity (Wildman–Crippen MR) is 125 cm³/mol. The molecule has 0 aliphatic carbocycles. The second kappa shape index (κ2) is 10.2. The number of ether oxygens (including phenoxy) is 2. The van der Waals surface area contributed by atoms with Gasteiger partial charge in [0.15, 0.2) is 0 Å². The molecule has 0 saturated carbocycles. The van der Waals surface area contributed by atoms with Crippen LogP contribution in [-0.4, -0.2) is 38.8 Å². The molecule has 4 rings (SSSR count). The standard InChI is InChI=1S/C26H30N2O3/c1-30-23-13-11-22(12-14-23)28-17-15-21(16-18-28)27-26(29)10-5-19-31-25-9-4-7-20-6-2-3-8-24(20)25/h2-4,6-9,11-14,21H,5,10,15-19H2,1H3,(H,27,29). The maximum atomic E-state index is 12.4. The maximum absolute atomic E-state index is 12.4. The molecule has 1 amide bonds. The summed E-state index contributed by atoms with van der Waals surface area (Å²) in [6, 6.07) is 22.7. The van der Waals surface area contributed by atoms with Crippen LogP contribution in [-0.2, 0) is 4.79 Å². The normalized spacial score (nSPS) is 14.4. The zero-order valence-corrected chi connectivity index (χ0v) is 18.0. The Morgan fingerprint density at radius 3 is 2.52 bits per heavy atom. The number of hydrogen-bond acceptors (Lipinski definition) is 4. The van der Waals surface area contributed by atoms with Crippen molar-refractivity contribution in [2.45, 2.75) is 31.7 Å². The van der Waals surface area contributed by atoms with Crippen LogP contribution in [0.15, 0.2) is 66.7 Å². The van der Waals surface area contributed by atoms with E-state index in [4.69, 9.17) is 9.47 Å². The van der Waals surface area contributed by atoms with Gasteiger partial charge in [-0.2, -0.15) is 0 Å². The lowest BCUT2D eigenvalue weighted by molar-refractivity contribution is -0.122. The van der Waals surface area contributed by atoms with Gasteiger partial charge in [0.2, 0.25) is 5.91 Å². The monoisotopic (exact) mass is 418 g/mol. The molecule has 162 valence electrons. The van der Waals surface area contributed by atoms with E-state index in [1.54, 1.807) is 7.11 Å². The summed E-state index contributed by atoms with van der Waals surface area (Å²) in [5.41, 5.74) is 1.20. The highest BCUT2D eigenvalue weighted by Gasteiger charge is 2.20. The number of piperidine rings is 1. The van der Waals surface area contributed by atoms with E-state index in [1.165, 1.54) is 11.1 Å². The minimum absolute atomic E-state index is 0.115. The van der Waals surface area contributed by atoms with Crippen LogP contribution in [0.2, 0.25) is 0 Å². The summed E-state index contributed by atoms with van der Waals surface area (Å²) in [7, 11) is 1.68. The number of nitrogens with one attached hydrogen (secondary N) is 1. The minimum Gasteiger partial charge on any atom is -0.497 e. The highest BCUT2D eigenvalue weighted by molar-refractivity contribution is 5.88. The molecule has 1 heterocycles. The number of carbonyl (C=O) groups is 1. The van der Waals surface area contributed by atoms with Gasteiger partial charge in [0.05, 0.1) is 13.7 Å². The maximum Gasteiger partial charge on any atom is 0.220 e. The Morgan fingerprint density at radius 1 is 1.00 bits per heavy atom. The first-order valence-electron chi connectivity index (χ1n) is 11.0. The minimum atomic E-state index is 0.115. The highest BCUT2D eigenvalue weighted by Crippen LogP contribution is 2.25. The first-order valence-corrected chi connectivity index (χ1v) is 11.0. The van der Waals surface area contributed by atoms with E-state index in [0.717, 1.165) is 42.8 Å². The number of nitrogens with zero attached hydrogens (tertiary/aromatic N) is 1. The lowest BCUT2D eigenvalue weighted by atomic mass is 10.0. The summed E-state index contributed by atoms with van der Waals surface area (Å²) in [5, 5.41) is 5.47. The van der Waals surface area contributed by atoms with E-state index in [2.05, 4.69) is 40.5 Å². The molecule has 0 unspecified atom stereocenters. The molecule has 31 heavy (non-hydrogen) atoms. The van der Waals surface area contributed by atoms with Crippen molar-refractivity contribution in [1.82, 2.24) is 5.32 Å². The molecule has 5 heteroatoms. The highest BCUT2D eigenvalue weighted by atomic mass is 16.5. The second-order valence-electron chi connectivity index (χ2n) is 7.96. The number of carbonyl (C=O) groups excluding carboxylic acids is 1. The smallest absolute Gasteiger partial charge is 0.220 e. The predicted octanol–water partition coefficient (Wildman–Crippen LogP) is 4.79. The first kappa shape index (κ1) is 21.0. The fourth-order valence-corrected chi connectivity index (χ4v) is 4.11. The fourth-order valence-electron chi connectivity index (χ4n) is 4.11. The molecule has 0 bridgehead atoms. The molecule has 0 atom stereocenters. The van der Waals surface area contributed by atoms with Gasteiger partial charge in [-0.3, -0.25) is 4.79 Å². The lowest BCUT2D eigenvalue weighted by Crippen LogP contribution is -2.44. The van der Waals surface area contributed by atoms with Gasteiger partial charge in [-0.1, -0.05) is 36.4 Å². The molecule has 1 N–H and O–H groups in total. The summed E-state index contributed by atoms with van der Waals surface area (Å²) in [6.45, 7) is 2.43. The summed E-state index contributed by atoms with van der Waals surface area (Å²) >= 11 is 0. The quantitative estimate of drug-likeness (QED) is 0.534. The van der Waals surface area contributed by atoms with Crippen LogP contribution in [0.5, 0.6) is 11.5 Å². The largest absolute Gasteiger partial charge is 0.497 e. The van der Waals surface area contributed by atoms with Crippen LogP contribution < -0.4 is 19.7 Å². The van der Waals surface area contributed by atoms with E-state index in [-0.39, 0.29) is 11.9 Å². The number of methoxy groups -OCH3 is 1. The van der Waals surface area contributed by atoms with E-state index < -0.39 is 0 Å². The molecule has 1 saturated heterocycles. The molecule has 0 radical (unpaired) electrons. The van der Waals surface area contributed by atoms with E-state index in [9.17, 15) is 4.79 Å². The summed E-state index contributed by atoms with van der Waals surface area (Å²) < 4.78 is 11.2. The van der Waals surface area contributed by atoms with Gasteiger partial charge in [-0.25, -0.2) is 0 Å².